The molecule has 0 radical (unpaired) electrons. The second kappa shape index (κ2) is 9.81. The molecule has 1 aliphatic rings. The molecule has 1 aromatic heterocycles. The molecule has 0 aliphatic carbocycles. The molecule has 0 saturated heterocycles. The minimum Gasteiger partial charge on any atom is -0.494 e. The first-order valence-electron chi connectivity index (χ1n) is 11.3. The Morgan fingerprint density at radius 1 is 1.21 bits per heavy atom. The molecule has 176 valence electrons. The number of hydrogen-bond donors (Lipinski definition) is 0. The van der Waals surface area contributed by atoms with Crippen molar-refractivity contribution in [2.45, 2.75) is 39.7 Å². The summed E-state index contributed by atoms with van der Waals surface area (Å²) in [6.45, 7) is 8.53. The van der Waals surface area contributed by atoms with Crippen LogP contribution in [-0.2, 0) is 9.53 Å². The van der Waals surface area contributed by atoms with Crippen LogP contribution in [0.3, 0.4) is 0 Å². The van der Waals surface area contributed by atoms with Gasteiger partial charge in [-0.25, -0.2) is 9.79 Å². The molecular formula is C27H28N2O4S. The maximum Gasteiger partial charge on any atom is 0.338 e. The Morgan fingerprint density at radius 2 is 1.94 bits per heavy atom. The predicted molar refractivity (Wildman–Crippen MR) is 134 cm³/mol. The van der Waals surface area contributed by atoms with E-state index in [9.17, 15) is 9.59 Å². The van der Waals surface area contributed by atoms with Crippen molar-refractivity contribution in [3.8, 4) is 5.75 Å². The maximum absolute atomic E-state index is 13.6. The van der Waals surface area contributed by atoms with Gasteiger partial charge in [0.1, 0.15) is 5.75 Å². The lowest BCUT2D eigenvalue weighted by Gasteiger charge is -2.24. The molecule has 1 atom stereocenters. The first-order valence-corrected chi connectivity index (χ1v) is 12.1. The molecule has 0 unspecified atom stereocenters. The quantitative estimate of drug-likeness (QED) is 0.506. The standard InChI is InChI=1S/C27H28N2O4S/c1-6-33-21-9-7-8-18(14-21)15-22-25(30)29-24(20-12-10-19(11-13-20)16(2)3)23(26(31)32-5)17(4)28-27(29)34-22/h7-16,24H,6H2,1-5H3/b22-15+/t24-/m1/s1. The first-order chi connectivity index (χ1) is 16.3. The third-order valence-corrected chi connectivity index (χ3v) is 6.80. The summed E-state index contributed by atoms with van der Waals surface area (Å²) in [7, 11) is 1.35. The third kappa shape index (κ3) is 4.48. The summed E-state index contributed by atoms with van der Waals surface area (Å²) < 4.78 is 12.8. The van der Waals surface area contributed by atoms with Crippen LogP contribution in [0, 0.1) is 0 Å². The number of fused-ring (bicyclic) bond motifs is 1. The number of thiazole rings is 1. The summed E-state index contributed by atoms with van der Waals surface area (Å²) in [6.07, 6.45) is 1.84. The molecule has 34 heavy (non-hydrogen) atoms. The van der Waals surface area contributed by atoms with Crippen molar-refractivity contribution in [1.82, 2.24) is 4.57 Å². The van der Waals surface area contributed by atoms with Gasteiger partial charge >= 0.3 is 5.97 Å². The number of nitrogens with zero attached hydrogens (tertiary/aromatic N) is 2. The lowest BCUT2D eigenvalue weighted by molar-refractivity contribution is -0.136. The molecule has 0 fully saturated rings. The van der Waals surface area contributed by atoms with Gasteiger partial charge in [-0.1, -0.05) is 61.6 Å². The van der Waals surface area contributed by atoms with Crippen LogP contribution in [0.1, 0.15) is 56.3 Å². The van der Waals surface area contributed by atoms with Crippen LogP contribution in [-0.4, -0.2) is 24.3 Å². The Labute approximate surface area is 202 Å². The van der Waals surface area contributed by atoms with Crippen LogP contribution < -0.4 is 19.6 Å². The smallest absolute Gasteiger partial charge is 0.338 e. The fourth-order valence-electron chi connectivity index (χ4n) is 4.08. The minimum atomic E-state index is -0.609. The molecule has 4 rings (SSSR count). The first kappa shape index (κ1) is 23.7. The topological polar surface area (TPSA) is 69.9 Å². The van der Waals surface area contributed by atoms with Crippen molar-refractivity contribution in [3.63, 3.8) is 0 Å². The highest BCUT2D eigenvalue weighted by atomic mass is 32.1. The zero-order valence-electron chi connectivity index (χ0n) is 20.0. The maximum atomic E-state index is 13.6. The van der Waals surface area contributed by atoms with E-state index < -0.39 is 12.0 Å². The second-order valence-electron chi connectivity index (χ2n) is 8.40. The zero-order valence-corrected chi connectivity index (χ0v) is 20.8. The molecule has 0 saturated carbocycles. The molecule has 0 N–H and O–H groups in total. The van der Waals surface area contributed by atoms with Gasteiger partial charge in [-0.3, -0.25) is 9.36 Å². The van der Waals surface area contributed by atoms with Gasteiger partial charge in [0.15, 0.2) is 4.80 Å². The third-order valence-electron chi connectivity index (χ3n) is 5.81. The van der Waals surface area contributed by atoms with Crippen LogP contribution in [0.15, 0.2) is 69.6 Å². The Kier molecular flexibility index (Phi) is 6.84. The van der Waals surface area contributed by atoms with Crippen molar-refractivity contribution in [2.24, 2.45) is 4.99 Å². The van der Waals surface area contributed by atoms with E-state index in [0.717, 1.165) is 16.9 Å². The van der Waals surface area contributed by atoms with Crippen LogP contribution in [0.25, 0.3) is 6.08 Å². The number of allylic oxidation sites excluding steroid dienone is 1. The summed E-state index contributed by atoms with van der Waals surface area (Å²) in [5, 5.41) is 0. The fourth-order valence-corrected chi connectivity index (χ4v) is 5.13. The predicted octanol–water partition coefficient (Wildman–Crippen LogP) is 3.93. The Balaban J connectivity index is 1.90. The number of carbonyl (C=O) groups is 1. The van der Waals surface area contributed by atoms with Crippen LogP contribution >= 0.6 is 11.3 Å². The Hall–Kier alpha value is -3.45. The van der Waals surface area contributed by atoms with Crippen molar-refractivity contribution < 1.29 is 14.3 Å². The number of aromatic nitrogens is 1. The van der Waals surface area contributed by atoms with E-state index in [1.54, 1.807) is 11.5 Å². The van der Waals surface area contributed by atoms with Gasteiger partial charge in [-0.2, -0.15) is 0 Å². The molecule has 2 aromatic carbocycles. The highest BCUT2D eigenvalue weighted by Crippen LogP contribution is 2.31. The number of methoxy groups -OCH3 is 1. The summed E-state index contributed by atoms with van der Waals surface area (Å²) in [6, 6.07) is 15.0. The largest absolute Gasteiger partial charge is 0.494 e. The van der Waals surface area contributed by atoms with Crippen LogP contribution in [0.2, 0.25) is 0 Å². The Bertz CT molecular complexity index is 1430. The molecule has 0 bridgehead atoms. The molecule has 1 aliphatic heterocycles. The number of carbonyl (C=O) groups excluding carboxylic acids is 1. The van der Waals surface area contributed by atoms with E-state index in [0.29, 0.717) is 33.1 Å². The Morgan fingerprint density at radius 3 is 2.59 bits per heavy atom. The van der Waals surface area contributed by atoms with Crippen molar-refractivity contribution in [3.05, 3.63) is 96.2 Å². The van der Waals surface area contributed by atoms with E-state index in [1.165, 1.54) is 24.0 Å². The fraction of sp³-hybridized carbons (Fsp3) is 0.296. The monoisotopic (exact) mass is 476 g/mol. The molecule has 6 nitrogen and oxygen atoms in total. The molecule has 0 spiro atoms. The lowest BCUT2D eigenvalue weighted by Crippen LogP contribution is -2.39. The van der Waals surface area contributed by atoms with Gasteiger partial charge in [0, 0.05) is 0 Å². The number of hydrogen-bond acceptors (Lipinski definition) is 6. The number of ether oxygens (including phenoxy) is 2. The molecule has 7 heteroatoms. The van der Waals surface area contributed by atoms with Crippen molar-refractivity contribution >= 4 is 23.4 Å². The van der Waals surface area contributed by atoms with Gasteiger partial charge in [0.25, 0.3) is 5.56 Å². The zero-order chi connectivity index (χ0) is 24.4. The van der Waals surface area contributed by atoms with Gasteiger partial charge in [-0.05, 0) is 54.7 Å². The van der Waals surface area contributed by atoms with Gasteiger partial charge < -0.3 is 9.47 Å². The van der Waals surface area contributed by atoms with Gasteiger partial charge in [0.2, 0.25) is 0 Å². The minimum absolute atomic E-state index is 0.197. The van der Waals surface area contributed by atoms with E-state index in [2.05, 4.69) is 18.8 Å². The van der Waals surface area contributed by atoms with Gasteiger partial charge in [-0.15, -0.1) is 0 Å². The number of esters is 1. The molecule has 0 amide bonds. The van der Waals surface area contributed by atoms with E-state index in [4.69, 9.17) is 9.47 Å². The molecule has 2 heterocycles. The normalized spacial score (nSPS) is 15.8. The van der Waals surface area contributed by atoms with Crippen LogP contribution in [0.4, 0.5) is 0 Å². The van der Waals surface area contributed by atoms with Crippen molar-refractivity contribution in [1.29, 1.82) is 0 Å². The van der Waals surface area contributed by atoms with Crippen molar-refractivity contribution in [2.75, 3.05) is 13.7 Å². The summed E-state index contributed by atoms with van der Waals surface area (Å²) in [5.41, 5.74) is 3.61. The average molecular weight is 477 g/mol. The highest BCUT2D eigenvalue weighted by Gasteiger charge is 2.33. The molecular weight excluding hydrogens is 448 g/mol. The second-order valence-corrected chi connectivity index (χ2v) is 9.41. The van der Waals surface area contributed by atoms with E-state index >= 15 is 0 Å². The number of benzene rings is 2. The van der Waals surface area contributed by atoms with E-state index in [-0.39, 0.29) is 5.56 Å². The van der Waals surface area contributed by atoms with Gasteiger partial charge in [0.05, 0.1) is 35.6 Å². The molecule has 3 aromatic rings. The summed E-state index contributed by atoms with van der Waals surface area (Å²) >= 11 is 1.31. The number of rotatable bonds is 6. The average Bonchev–Trinajstić information content (AvgIpc) is 3.12. The summed E-state index contributed by atoms with van der Waals surface area (Å²) in [5.74, 6) is 0.634. The van der Waals surface area contributed by atoms with E-state index in [1.807, 2.05) is 61.5 Å². The SMILES string of the molecule is CCOc1cccc(/C=c2/sc3n(c2=O)[C@H](c2ccc(C(C)C)cc2)C(C(=O)OC)=C(C)N=3)c1. The highest BCUT2D eigenvalue weighted by molar-refractivity contribution is 7.07. The summed E-state index contributed by atoms with van der Waals surface area (Å²) in [4.78, 5) is 31.6. The van der Waals surface area contributed by atoms with Crippen LogP contribution in [0.5, 0.6) is 5.75 Å². The lowest BCUT2D eigenvalue weighted by atomic mass is 9.93.